The number of hydrogen-bond acceptors (Lipinski definition) is 3. The first-order chi connectivity index (χ1) is 63.3. The molecule has 600 valence electrons. The van der Waals surface area contributed by atoms with Crippen LogP contribution in [0.4, 0.5) is 28.4 Å². The second kappa shape index (κ2) is 30.7. The second-order valence-corrected chi connectivity index (χ2v) is 34.2. The van der Waals surface area contributed by atoms with Crippen LogP contribution in [0.15, 0.2) is 467 Å². The van der Waals surface area contributed by atoms with Crippen molar-refractivity contribution in [3.8, 4) is 73.1 Å². The van der Waals surface area contributed by atoms with Crippen molar-refractivity contribution in [2.45, 2.75) is 24.2 Å². The molecule has 6 heteroatoms. The number of allylic oxidation sites excluding steroid dienone is 6. The van der Waals surface area contributed by atoms with E-state index in [-0.39, 0.29) is 5.92 Å². The van der Waals surface area contributed by atoms with Gasteiger partial charge in [-0.25, -0.2) is 0 Å². The van der Waals surface area contributed by atoms with Gasteiger partial charge in [-0.2, -0.15) is 5.26 Å². The minimum Gasteiger partial charge on any atom is -0.314 e. The summed E-state index contributed by atoms with van der Waals surface area (Å²) in [6, 6.07) is 164. The number of aromatic nitrogens is 2. The zero-order valence-electron chi connectivity index (χ0n) is 70.4. The second-order valence-electron chi connectivity index (χ2n) is 34.2. The van der Waals surface area contributed by atoms with Crippen LogP contribution in [0, 0.1) is 17.2 Å². The van der Waals surface area contributed by atoms with Crippen LogP contribution in [0.2, 0.25) is 0 Å². The van der Waals surface area contributed by atoms with Crippen molar-refractivity contribution in [2.75, 3.05) is 9.80 Å². The van der Waals surface area contributed by atoms with Gasteiger partial charge >= 0.3 is 5.71 Å². The molecule has 128 heavy (non-hydrogen) atoms. The lowest BCUT2D eigenvalue weighted by Crippen LogP contribution is -2.29. The van der Waals surface area contributed by atoms with E-state index in [0.717, 1.165) is 102 Å². The number of para-hydroxylation sites is 3. The highest BCUT2D eigenvalue weighted by Crippen LogP contribution is 2.60. The van der Waals surface area contributed by atoms with Crippen molar-refractivity contribution in [3.05, 3.63) is 528 Å². The first kappa shape index (κ1) is 75.1. The van der Waals surface area contributed by atoms with Gasteiger partial charge in [0.05, 0.1) is 50.1 Å². The lowest BCUT2D eigenvalue weighted by molar-refractivity contribution is 0.680. The summed E-state index contributed by atoms with van der Waals surface area (Å²) in [5.41, 5.74) is 38.8. The molecule has 2 unspecified atom stereocenters. The molecule has 1 aliphatic heterocycles. The summed E-state index contributed by atoms with van der Waals surface area (Å²) in [7, 11) is 0. The van der Waals surface area contributed by atoms with Gasteiger partial charge in [-0.3, -0.25) is 0 Å². The molecule has 2 aromatic heterocycles. The maximum atomic E-state index is 9.68. The van der Waals surface area contributed by atoms with E-state index in [9.17, 15) is 5.26 Å². The first-order valence-corrected chi connectivity index (χ1v) is 44.2. The number of rotatable bonds is 17. The van der Waals surface area contributed by atoms with Crippen molar-refractivity contribution >= 4 is 89.5 Å². The largest absolute Gasteiger partial charge is 0.334 e. The Morgan fingerprint density at radius 1 is 0.305 bits per heavy atom. The van der Waals surface area contributed by atoms with Crippen molar-refractivity contribution in [2.24, 2.45) is 5.92 Å². The standard InChI is InChI=1S/C122H83N6/c1-81-74-88(91-55-69-108-107-36-19-22-40-117(107)127(118(108)77-91)96-30-13-5-14-31-96)56-72-116(81)126(100-63-51-87(52-64-100)115-39-23-73-124-115)102-66-71-106-104-35-18-21-38-112(104)122(114(106)79-102,94-28-11-4-12-29-94)95-57-45-85(46-58-95)89-53-67-109-110-68-54-90(76-120(110)128(119(109)75-89)97-32-15-6-16-33-97)86-49-61-99(62-50-86)125(98-59-47-84(48-60-98)83-43-41-82(80-123)42-44-83)101-65-70-105-103-34-17-20-37-111(103)121(113(105)78-101,92-24-7-2-8-25-92)93-26-9-3-10-27-93/h2-73,75-79,81H,74H2,1H3/q+1. The van der Waals surface area contributed by atoms with Gasteiger partial charge in [-0.05, 0) is 257 Å². The summed E-state index contributed by atoms with van der Waals surface area (Å²) in [4.78, 5) is 4.92. The van der Waals surface area contributed by atoms with E-state index < -0.39 is 10.8 Å². The van der Waals surface area contributed by atoms with E-state index in [1.807, 2.05) is 36.6 Å². The van der Waals surface area contributed by atoms with Gasteiger partial charge in [0.25, 0.3) is 6.21 Å². The Kier molecular flexibility index (Phi) is 18.0. The molecule has 0 spiro atoms. The Labute approximate surface area is 744 Å². The third kappa shape index (κ3) is 12.1. The molecule has 0 saturated carbocycles. The number of benzene rings is 18. The fourth-order valence-corrected chi connectivity index (χ4v) is 21.5. The third-order valence-electron chi connectivity index (χ3n) is 27.3. The van der Waals surface area contributed by atoms with Crippen LogP contribution in [0.3, 0.4) is 0 Å². The Hall–Kier alpha value is -16.7. The summed E-state index contributed by atoms with van der Waals surface area (Å²) < 4.78 is 9.60. The summed E-state index contributed by atoms with van der Waals surface area (Å²) in [5, 5.41) is 14.6. The average molecular weight is 1630 g/mol. The van der Waals surface area contributed by atoms with Gasteiger partial charge in [0.1, 0.15) is 0 Å². The average Bonchev–Trinajstić information content (AvgIpc) is 1.53. The molecule has 24 rings (SSSR count). The molecule has 3 heterocycles. The van der Waals surface area contributed by atoms with Gasteiger partial charge in [0, 0.05) is 85.1 Å². The zero-order valence-corrected chi connectivity index (χ0v) is 70.4. The number of fused-ring (bicyclic) bond motifs is 12. The maximum absolute atomic E-state index is 9.68. The van der Waals surface area contributed by atoms with Crippen molar-refractivity contribution in [1.29, 1.82) is 5.26 Å². The highest BCUT2D eigenvalue weighted by atomic mass is 15.2. The van der Waals surface area contributed by atoms with Gasteiger partial charge in [0.2, 0.25) is 0 Å². The lowest BCUT2D eigenvalue weighted by Gasteiger charge is -2.36. The molecule has 0 radical (unpaired) electrons. The van der Waals surface area contributed by atoms with Gasteiger partial charge in [0.15, 0.2) is 0 Å². The SMILES string of the molecule is CC1CC(c2ccc3c4ccccc4n(-c4ccccc4)c3c2)=CC=C1N(c1ccc(C2=[N+]=CC=C2)cc1)c1ccc2c(c1)C(c1ccccc1)(c1ccc(-c3ccc4c5ccc(-c6ccc(N(c7ccc(-c8ccc(C#N)cc8)cc7)c7ccc8c(c7)C(c7ccccc7)(c7ccccc7)c7ccccc7-8)cc6)cc5n(-c5ccccc5)c4c3)cc1)c1ccccc1-2. The van der Waals surface area contributed by atoms with E-state index in [1.54, 1.807) is 0 Å². The monoisotopic (exact) mass is 1630 g/mol. The van der Waals surface area contributed by atoms with Crippen LogP contribution in [0.25, 0.3) is 116 Å². The van der Waals surface area contributed by atoms with Crippen molar-refractivity contribution < 1.29 is 0 Å². The molecular formula is C122H83N6+. The maximum Gasteiger partial charge on any atom is 0.334 e. The molecule has 0 saturated heterocycles. The van der Waals surface area contributed by atoms with Crippen LogP contribution >= 0.6 is 0 Å². The summed E-state index contributed by atoms with van der Waals surface area (Å²) in [6.45, 7) is 2.40. The molecule has 0 amide bonds. The number of anilines is 5. The molecule has 0 bridgehead atoms. The molecule has 2 atom stereocenters. The Balaban J connectivity index is 0.597. The van der Waals surface area contributed by atoms with Crippen LogP contribution in [-0.2, 0) is 10.8 Å². The quantitative estimate of drug-likeness (QED) is 0.0854. The number of nitrogens with zero attached hydrogens (tertiary/aromatic N) is 6. The third-order valence-corrected chi connectivity index (χ3v) is 27.3. The first-order valence-electron chi connectivity index (χ1n) is 44.2. The van der Waals surface area contributed by atoms with E-state index in [2.05, 4.69) is 463 Å². The number of nitriles is 1. The van der Waals surface area contributed by atoms with Crippen LogP contribution in [0.5, 0.6) is 0 Å². The lowest BCUT2D eigenvalue weighted by atomic mass is 9.67. The normalized spacial score (nSPS) is 15.0. The fraction of sp³-hybridized carbons (Fsp3) is 0.0410. The van der Waals surface area contributed by atoms with E-state index >= 15 is 0 Å². The Morgan fingerprint density at radius 3 is 1.16 bits per heavy atom. The molecule has 4 aliphatic rings. The predicted molar refractivity (Wildman–Crippen MR) is 532 cm³/mol. The summed E-state index contributed by atoms with van der Waals surface area (Å²) in [5.74, 6) is 0.138. The smallest absolute Gasteiger partial charge is 0.314 e. The van der Waals surface area contributed by atoms with Gasteiger partial charge in [-0.1, -0.05) is 321 Å². The van der Waals surface area contributed by atoms with Gasteiger partial charge < -0.3 is 18.9 Å². The topological polar surface area (TPSA) is 54.2 Å². The van der Waals surface area contributed by atoms with E-state index in [0.29, 0.717) is 5.56 Å². The molecule has 20 aromatic rings. The minimum absolute atomic E-state index is 0.138. The van der Waals surface area contributed by atoms with Crippen LogP contribution in [0.1, 0.15) is 74.5 Å². The molecule has 18 aromatic carbocycles. The minimum atomic E-state index is -0.696. The fourth-order valence-electron chi connectivity index (χ4n) is 21.5. The van der Waals surface area contributed by atoms with E-state index in [4.69, 9.17) is 4.67 Å². The van der Waals surface area contributed by atoms with Crippen LogP contribution < -0.4 is 14.5 Å². The highest BCUT2D eigenvalue weighted by Gasteiger charge is 2.48. The molecule has 6 nitrogen and oxygen atoms in total. The number of hydrogen-bond donors (Lipinski definition) is 0. The van der Waals surface area contributed by atoms with Gasteiger partial charge in [-0.15, -0.1) is 0 Å². The Morgan fingerprint density at radius 2 is 0.672 bits per heavy atom. The van der Waals surface area contributed by atoms with Crippen molar-refractivity contribution in [3.63, 3.8) is 0 Å². The molecular weight excluding hydrogens is 1550 g/mol. The highest BCUT2D eigenvalue weighted by molar-refractivity contribution is 6.14. The van der Waals surface area contributed by atoms with Crippen molar-refractivity contribution in [1.82, 2.24) is 13.8 Å². The Bertz CT molecular complexity index is 7990. The summed E-state index contributed by atoms with van der Waals surface area (Å²) >= 11 is 0. The zero-order chi connectivity index (χ0) is 85.0. The predicted octanol–water partition coefficient (Wildman–Crippen LogP) is 29.6. The van der Waals surface area contributed by atoms with E-state index in [1.165, 1.54) is 116 Å². The summed E-state index contributed by atoms with van der Waals surface area (Å²) in [6.07, 6.45) is 11.6. The molecule has 0 N–H and O–H groups in total. The molecule has 0 fully saturated rings. The molecule has 3 aliphatic carbocycles. The van der Waals surface area contributed by atoms with Crippen LogP contribution in [-0.4, -0.2) is 21.1 Å².